The minimum absolute atomic E-state index is 0.0606. The Kier molecular flexibility index (Phi) is 9.80. The molecule has 1 fully saturated rings. The standard InChI is InChI=1S/C26H37NOS/c1-6-10-21(7-2)19-20(3)27(4)26(28)25(18-13-22-11-8-9-12-22)23-14-16-24(29-5)17-15-23/h6-7,10,14-17,20,22,25H,1-2,8-9,11-13,18-19H2,3-5H3/b21-10+/t20-,25-/m1/s1. The molecule has 158 valence electrons. The van der Waals surface area contributed by atoms with Crippen molar-refractivity contribution >= 4 is 17.7 Å². The summed E-state index contributed by atoms with van der Waals surface area (Å²) in [5.41, 5.74) is 2.26. The van der Waals surface area contributed by atoms with Crippen LogP contribution in [0.1, 0.15) is 63.4 Å². The number of amides is 1. The van der Waals surface area contributed by atoms with Crippen molar-refractivity contribution in [1.82, 2.24) is 4.90 Å². The van der Waals surface area contributed by atoms with Gasteiger partial charge in [-0.3, -0.25) is 4.79 Å². The van der Waals surface area contributed by atoms with E-state index in [0.717, 1.165) is 36.3 Å². The van der Waals surface area contributed by atoms with Gasteiger partial charge in [0.2, 0.25) is 5.91 Å². The fourth-order valence-corrected chi connectivity index (χ4v) is 4.69. The second-order valence-electron chi connectivity index (χ2n) is 8.24. The second-order valence-corrected chi connectivity index (χ2v) is 9.12. The summed E-state index contributed by atoms with van der Waals surface area (Å²) in [5.74, 6) is 0.963. The van der Waals surface area contributed by atoms with Crippen LogP contribution in [0.5, 0.6) is 0 Å². The second kappa shape index (κ2) is 12.1. The van der Waals surface area contributed by atoms with E-state index in [1.54, 1.807) is 17.8 Å². The largest absolute Gasteiger partial charge is 0.342 e. The fraction of sp³-hybridized carbons (Fsp3) is 0.500. The van der Waals surface area contributed by atoms with Crippen LogP contribution in [0.4, 0.5) is 0 Å². The third kappa shape index (κ3) is 6.92. The predicted molar refractivity (Wildman–Crippen MR) is 127 cm³/mol. The minimum atomic E-state index is -0.0606. The molecule has 0 radical (unpaired) electrons. The number of nitrogens with zero attached hydrogens (tertiary/aromatic N) is 1. The zero-order valence-electron chi connectivity index (χ0n) is 18.4. The van der Waals surface area contributed by atoms with E-state index < -0.39 is 0 Å². The quantitative estimate of drug-likeness (QED) is 0.289. The van der Waals surface area contributed by atoms with Crippen LogP contribution in [0.15, 0.2) is 66.1 Å². The first-order valence-electron chi connectivity index (χ1n) is 10.8. The summed E-state index contributed by atoms with van der Waals surface area (Å²) in [7, 11) is 1.94. The highest BCUT2D eigenvalue weighted by molar-refractivity contribution is 7.98. The lowest BCUT2D eigenvalue weighted by Crippen LogP contribution is -2.38. The number of likely N-dealkylation sites (N-methyl/N-ethyl adjacent to an activating group) is 1. The smallest absolute Gasteiger partial charge is 0.230 e. The third-order valence-electron chi connectivity index (χ3n) is 6.29. The van der Waals surface area contributed by atoms with Crippen LogP contribution in [-0.4, -0.2) is 30.2 Å². The van der Waals surface area contributed by atoms with E-state index in [9.17, 15) is 4.79 Å². The highest BCUT2D eigenvalue weighted by Crippen LogP contribution is 2.34. The Hall–Kier alpha value is -1.74. The van der Waals surface area contributed by atoms with Gasteiger partial charge < -0.3 is 4.90 Å². The first-order valence-corrected chi connectivity index (χ1v) is 12.1. The van der Waals surface area contributed by atoms with Gasteiger partial charge in [-0.15, -0.1) is 11.8 Å². The predicted octanol–water partition coefficient (Wildman–Crippen LogP) is 7.00. The maximum Gasteiger partial charge on any atom is 0.230 e. The molecule has 0 spiro atoms. The zero-order chi connectivity index (χ0) is 21.2. The molecule has 0 aliphatic heterocycles. The highest BCUT2D eigenvalue weighted by Gasteiger charge is 2.28. The molecule has 1 aromatic rings. The van der Waals surface area contributed by atoms with Crippen LogP contribution in [0.25, 0.3) is 0 Å². The van der Waals surface area contributed by atoms with E-state index in [-0.39, 0.29) is 17.9 Å². The van der Waals surface area contributed by atoms with Crippen molar-refractivity contribution in [3.63, 3.8) is 0 Å². The highest BCUT2D eigenvalue weighted by atomic mass is 32.2. The van der Waals surface area contributed by atoms with Crippen molar-refractivity contribution in [3.05, 3.63) is 66.8 Å². The maximum atomic E-state index is 13.5. The van der Waals surface area contributed by atoms with Crippen molar-refractivity contribution in [2.75, 3.05) is 13.3 Å². The number of carbonyl (C=O) groups excluding carboxylic acids is 1. The normalized spacial score (nSPS) is 17.0. The number of benzene rings is 1. The zero-order valence-corrected chi connectivity index (χ0v) is 19.2. The van der Waals surface area contributed by atoms with Gasteiger partial charge in [-0.05, 0) is 61.6 Å². The number of hydrogen-bond acceptors (Lipinski definition) is 2. The van der Waals surface area contributed by atoms with Crippen LogP contribution < -0.4 is 0 Å². The third-order valence-corrected chi connectivity index (χ3v) is 7.03. The number of rotatable bonds is 11. The summed E-state index contributed by atoms with van der Waals surface area (Å²) in [5, 5.41) is 0. The molecule has 1 saturated carbocycles. The summed E-state index contributed by atoms with van der Waals surface area (Å²) in [6.45, 7) is 9.78. The molecule has 29 heavy (non-hydrogen) atoms. The lowest BCUT2D eigenvalue weighted by atomic mass is 9.88. The molecular formula is C26H37NOS. The van der Waals surface area contributed by atoms with Crippen molar-refractivity contribution < 1.29 is 4.79 Å². The summed E-state index contributed by atoms with van der Waals surface area (Å²) in [6.07, 6.45) is 15.9. The first-order chi connectivity index (χ1) is 14.0. The van der Waals surface area contributed by atoms with Gasteiger partial charge in [0, 0.05) is 18.0 Å². The van der Waals surface area contributed by atoms with Crippen molar-refractivity contribution in [2.45, 2.75) is 68.7 Å². The SMILES string of the molecule is C=C/C=C(\C=C)C[C@@H](C)N(C)C(=O)[C@H](CCC1CCCC1)c1ccc(SC)cc1. The molecule has 0 bridgehead atoms. The molecule has 2 rings (SSSR count). The Bertz CT molecular complexity index is 700. The van der Waals surface area contributed by atoms with Gasteiger partial charge >= 0.3 is 0 Å². The molecule has 1 aromatic carbocycles. The summed E-state index contributed by atoms with van der Waals surface area (Å²) in [6, 6.07) is 8.69. The molecule has 3 heteroatoms. The number of hydrogen-bond donors (Lipinski definition) is 0. The Morgan fingerprint density at radius 3 is 2.45 bits per heavy atom. The Balaban J connectivity index is 2.15. The van der Waals surface area contributed by atoms with E-state index in [4.69, 9.17) is 0 Å². The minimum Gasteiger partial charge on any atom is -0.342 e. The molecular weight excluding hydrogens is 374 g/mol. The van der Waals surface area contributed by atoms with Gasteiger partial charge in [0.15, 0.2) is 0 Å². The van der Waals surface area contributed by atoms with Gasteiger partial charge in [0.05, 0.1) is 5.92 Å². The number of carbonyl (C=O) groups is 1. The van der Waals surface area contributed by atoms with E-state index >= 15 is 0 Å². The number of allylic oxidation sites excluding steroid dienone is 3. The van der Waals surface area contributed by atoms with Crippen molar-refractivity contribution in [1.29, 1.82) is 0 Å². The lowest BCUT2D eigenvalue weighted by Gasteiger charge is -2.30. The molecule has 1 aliphatic carbocycles. The van der Waals surface area contributed by atoms with Crippen molar-refractivity contribution in [2.24, 2.45) is 5.92 Å². The van der Waals surface area contributed by atoms with E-state index in [1.165, 1.54) is 30.6 Å². The van der Waals surface area contributed by atoms with E-state index in [0.29, 0.717) is 0 Å². The summed E-state index contributed by atoms with van der Waals surface area (Å²) >= 11 is 1.74. The molecule has 1 amide bonds. The van der Waals surface area contributed by atoms with Crippen LogP contribution in [0.2, 0.25) is 0 Å². The molecule has 0 unspecified atom stereocenters. The average molecular weight is 412 g/mol. The van der Waals surface area contributed by atoms with Gasteiger partial charge in [0.25, 0.3) is 0 Å². The molecule has 2 atom stereocenters. The first kappa shape index (κ1) is 23.5. The Labute approximate surface area is 182 Å². The Morgan fingerprint density at radius 2 is 1.90 bits per heavy atom. The van der Waals surface area contributed by atoms with Gasteiger partial charge in [-0.2, -0.15) is 0 Å². The maximum absolute atomic E-state index is 13.5. The van der Waals surface area contributed by atoms with Gasteiger partial charge in [-0.25, -0.2) is 0 Å². The summed E-state index contributed by atoms with van der Waals surface area (Å²) < 4.78 is 0. The average Bonchev–Trinajstić information content (AvgIpc) is 3.26. The summed E-state index contributed by atoms with van der Waals surface area (Å²) in [4.78, 5) is 16.7. The fourth-order valence-electron chi connectivity index (χ4n) is 4.28. The molecule has 1 aliphatic rings. The van der Waals surface area contributed by atoms with Crippen LogP contribution in [-0.2, 0) is 4.79 Å². The van der Waals surface area contributed by atoms with Crippen molar-refractivity contribution in [3.8, 4) is 0 Å². The molecule has 0 heterocycles. The topological polar surface area (TPSA) is 20.3 Å². The Morgan fingerprint density at radius 1 is 1.24 bits per heavy atom. The number of thioether (sulfide) groups is 1. The molecule has 2 nitrogen and oxygen atoms in total. The molecule has 0 saturated heterocycles. The molecule has 0 N–H and O–H groups in total. The van der Waals surface area contributed by atoms with E-state index in [2.05, 4.69) is 50.6 Å². The lowest BCUT2D eigenvalue weighted by molar-refractivity contribution is -0.133. The van der Waals surface area contributed by atoms with Gasteiger partial charge in [0.1, 0.15) is 0 Å². The monoisotopic (exact) mass is 411 g/mol. The van der Waals surface area contributed by atoms with Crippen LogP contribution in [0, 0.1) is 5.92 Å². The van der Waals surface area contributed by atoms with Crippen LogP contribution >= 0.6 is 11.8 Å². The van der Waals surface area contributed by atoms with Gasteiger partial charge in [-0.1, -0.05) is 69.2 Å². The molecule has 0 aromatic heterocycles. The van der Waals surface area contributed by atoms with Crippen LogP contribution in [0.3, 0.4) is 0 Å². The van der Waals surface area contributed by atoms with E-state index in [1.807, 2.05) is 24.1 Å².